The van der Waals surface area contributed by atoms with Gasteiger partial charge in [0.15, 0.2) is 0 Å². The van der Waals surface area contributed by atoms with E-state index in [9.17, 15) is 4.79 Å². The zero-order valence-electron chi connectivity index (χ0n) is 13.9. The van der Waals surface area contributed by atoms with E-state index < -0.39 is 0 Å². The Kier molecular flexibility index (Phi) is 6.26. The van der Waals surface area contributed by atoms with Crippen LogP contribution in [0.4, 0.5) is 10.5 Å². The smallest absolute Gasteiger partial charge is 0.319 e. The summed E-state index contributed by atoms with van der Waals surface area (Å²) in [5.41, 5.74) is 2.70. The minimum absolute atomic E-state index is 0.221. The van der Waals surface area contributed by atoms with Crippen LogP contribution in [0, 0.1) is 26.2 Å². The van der Waals surface area contributed by atoms with Crippen LogP contribution >= 0.6 is 0 Å². The van der Waals surface area contributed by atoms with Gasteiger partial charge in [-0.3, -0.25) is 0 Å². The lowest BCUT2D eigenvalue weighted by molar-refractivity contribution is 0.252. The van der Waals surface area contributed by atoms with E-state index in [4.69, 9.17) is 15.7 Å². The summed E-state index contributed by atoms with van der Waals surface area (Å²) >= 11 is 0. The topological polar surface area (TPSA) is 76.4 Å². The fourth-order valence-corrected chi connectivity index (χ4v) is 2.26. The van der Waals surface area contributed by atoms with Gasteiger partial charge in [-0.15, -0.1) is 6.42 Å². The Morgan fingerprint density at radius 3 is 2.71 bits per heavy atom. The highest BCUT2D eigenvalue weighted by Crippen LogP contribution is 2.16. The normalized spacial score (nSPS) is 10.0. The van der Waals surface area contributed by atoms with Crippen LogP contribution in [-0.4, -0.2) is 24.3 Å². The van der Waals surface area contributed by atoms with E-state index in [1.54, 1.807) is 24.3 Å². The molecule has 2 rings (SSSR count). The summed E-state index contributed by atoms with van der Waals surface area (Å²) in [6, 6.07) is 6.78. The largest absolute Gasteiger partial charge is 0.481 e. The van der Waals surface area contributed by atoms with Crippen molar-refractivity contribution >= 4 is 11.7 Å². The molecule has 6 nitrogen and oxygen atoms in total. The second kappa shape index (κ2) is 8.63. The molecule has 1 aromatic heterocycles. The number of ether oxygens (including phenoxy) is 1. The molecule has 0 unspecified atom stereocenters. The number of hydrogen-bond donors (Lipinski definition) is 2. The summed E-state index contributed by atoms with van der Waals surface area (Å²) < 4.78 is 10.4. The summed E-state index contributed by atoms with van der Waals surface area (Å²) in [5.74, 6) is 3.90. The molecule has 2 aromatic rings. The monoisotopic (exact) mass is 327 g/mol. The molecule has 0 atom stereocenters. The molecule has 1 aromatic carbocycles. The molecule has 2 amide bonds. The standard InChI is InChI=1S/C18H21N3O3/c1-4-12-23-16-9-7-15(8-10-16)20-18(22)19-11-5-6-17-13(2)21-24-14(17)3/h1,7-10H,5-6,11-12H2,2-3H3,(H2,19,20,22). The second-order valence-corrected chi connectivity index (χ2v) is 5.30. The molecular weight excluding hydrogens is 306 g/mol. The molecule has 0 saturated carbocycles. The quantitative estimate of drug-likeness (QED) is 0.605. The minimum Gasteiger partial charge on any atom is -0.481 e. The number of nitrogens with zero attached hydrogens (tertiary/aromatic N) is 1. The van der Waals surface area contributed by atoms with Crippen LogP contribution < -0.4 is 15.4 Å². The van der Waals surface area contributed by atoms with Crippen molar-refractivity contribution in [1.82, 2.24) is 10.5 Å². The highest BCUT2D eigenvalue weighted by molar-refractivity contribution is 5.89. The Bertz CT molecular complexity index is 695. The predicted octanol–water partition coefficient (Wildman–Crippen LogP) is 3.06. The van der Waals surface area contributed by atoms with Crippen LogP contribution in [0.3, 0.4) is 0 Å². The highest BCUT2D eigenvalue weighted by atomic mass is 16.5. The Morgan fingerprint density at radius 1 is 1.33 bits per heavy atom. The molecule has 0 bridgehead atoms. The molecule has 0 saturated heterocycles. The first-order chi connectivity index (χ1) is 11.6. The van der Waals surface area contributed by atoms with Crippen molar-refractivity contribution in [1.29, 1.82) is 0 Å². The number of rotatable bonds is 7. The van der Waals surface area contributed by atoms with Crippen LogP contribution in [0.25, 0.3) is 0 Å². The van der Waals surface area contributed by atoms with Crippen LogP contribution in [-0.2, 0) is 6.42 Å². The van der Waals surface area contributed by atoms with Gasteiger partial charge in [0, 0.05) is 17.8 Å². The van der Waals surface area contributed by atoms with Crippen molar-refractivity contribution in [3.63, 3.8) is 0 Å². The molecule has 0 aliphatic rings. The van der Waals surface area contributed by atoms with Crippen molar-refractivity contribution in [2.24, 2.45) is 0 Å². The molecule has 126 valence electrons. The van der Waals surface area contributed by atoms with E-state index in [0.717, 1.165) is 29.9 Å². The van der Waals surface area contributed by atoms with Crippen LogP contribution in [0.5, 0.6) is 5.75 Å². The number of hydrogen-bond acceptors (Lipinski definition) is 4. The third-order valence-electron chi connectivity index (χ3n) is 3.50. The maximum atomic E-state index is 11.9. The average molecular weight is 327 g/mol. The maximum Gasteiger partial charge on any atom is 0.319 e. The zero-order valence-corrected chi connectivity index (χ0v) is 13.9. The lowest BCUT2D eigenvalue weighted by atomic mass is 10.1. The van der Waals surface area contributed by atoms with E-state index >= 15 is 0 Å². The van der Waals surface area contributed by atoms with Gasteiger partial charge in [-0.1, -0.05) is 11.1 Å². The van der Waals surface area contributed by atoms with Gasteiger partial charge in [-0.25, -0.2) is 4.79 Å². The van der Waals surface area contributed by atoms with Crippen molar-refractivity contribution < 1.29 is 14.1 Å². The third-order valence-corrected chi connectivity index (χ3v) is 3.50. The van der Waals surface area contributed by atoms with Gasteiger partial charge in [-0.2, -0.15) is 0 Å². The first kappa shape index (κ1) is 17.4. The number of anilines is 1. The lowest BCUT2D eigenvalue weighted by Crippen LogP contribution is -2.29. The number of nitrogens with one attached hydrogen (secondary N) is 2. The van der Waals surface area contributed by atoms with Gasteiger partial charge >= 0.3 is 6.03 Å². The molecule has 24 heavy (non-hydrogen) atoms. The Labute approximate surface area is 141 Å². The van der Waals surface area contributed by atoms with Gasteiger partial charge in [0.1, 0.15) is 18.1 Å². The highest BCUT2D eigenvalue weighted by Gasteiger charge is 2.08. The van der Waals surface area contributed by atoms with Crippen molar-refractivity contribution in [3.05, 3.63) is 41.3 Å². The first-order valence-electron chi connectivity index (χ1n) is 7.73. The number of amides is 2. The zero-order chi connectivity index (χ0) is 17.4. The first-order valence-corrected chi connectivity index (χ1v) is 7.73. The number of aryl methyl sites for hydroxylation is 2. The van der Waals surface area contributed by atoms with Crippen molar-refractivity contribution in [2.75, 3.05) is 18.5 Å². The van der Waals surface area contributed by atoms with Crippen molar-refractivity contribution in [3.8, 4) is 18.1 Å². The Hall–Kier alpha value is -2.94. The minimum atomic E-state index is -0.244. The van der Waals surface area contributed by atoms with Gasteiger partial charge in [0.25, 0.3) is 0 Å². The SMILES string of the molecule is C#CCOc1ccc(NC(=O)NCCCc2c(C)noc2C)cc1. The van der Waals surface area contributed by atoms with Crippen LogP contribution in [0.1, 0.15) is 23.4 Å². The van der Waals surface area contributed by atoms with Gasteiger partial charge in [0.05, 0.1) is 5.69 Å². The molecule has 2 N–H and O–H groups in total. The number of urea groups is 1. The number of carbonyl (C=O) groups is 1. The van der Waals surface area contributed by atoms with Crippen LogP contribution in [0.15, 0.2) is 28.8 Å². The fourth-order valence-electron chi connectivity index (χ4n) is 2.26. The summed E-state index contributed by atoms with van der Waals surface area (Å²) in [6.45, 7) is 4.60. The maximum absolute atomic E-state index is 11.9. The average Bonchev–Trinajstić information content (AvgIpc) is 2.89. The molecule has 0 spiro atoms. The van der Waals surface area contributed by atoms with E-state index in [2.05, 4.69) is 21.7 Å². The molecular formula is C18H21N3O3. The summed E-state index contributed by atoms with van der Waals surface area (Å²) in [5, 5.41) is 9.50. The van der Waals surface area contributed by atoms with Crippen molar-refractivity contribution in [2.45, 2.75) is 26.7 Å². The predicted molar refractivity (Wildman–Crippen MR) is 92.1 cm³/mol. The number of terminal acetylenes is 1. The second-order valence-electron chi connectivity index (χ2n) is 5.30. The number of carbonyl (C=O) groups excluding carboxylic acids is 1. The number of benzene rings is 1. The lowest BCUT2D eigenvalue weighted by Gasteiger charge is -2.08. The van der Waals surface area contributed by atoms with E-state index in [1.165, 1.54) is 0 Å². The van der Waals surface area contributed by atoms with Gasteiger partial charge < -0.3 is 19.9 Å². The molecule has 6 heteroatoms. The fraction of sp³-hybridized carbons (Fsp3) is 0.333. The van der Waals surface area contributed by atoms with Gasteiger partial charge in [0.2, 0.25) is 0 Å². The Balaban J connectivity index is 1.70. The van der Waals surface area contributed by atoms with E-state index in [-0.39, 0.29) is 12.6 Å². The molecule has 0 radical (unpaired) electrons. The van der Waals surface area contributed by atoms with Crippen LogP contribution in [0.2, 0.25) is 0 Å². The number of aromatic nitrogens is 1. The summed E-state index contributed by atoms with van der Waals surface area (Å²) in [6.07, 6.45) is 6.77. The van der Waals surface area contributed by atoms with E-state index in [0.29, 0.717) is 18.0 Å². The molecule has 1 heterocycles. The summed E-state index contributed by atoms with van der Waals surface area (Å²) in [4.78, 5) is 11.9. The Morgan fingerprint density at radius 2 is 2.08 bits per heavy atom. The third kappa shape index (κ3) is 5.06. The van der Waals surface area contributed by atoms with Gasteiger partial charge in [-0.05, 0) is 51.0 Å². The summed E-state index contributed by atoms with van der Waals surface area (Å²) in [7, 11) is 0. The molecule has 0 aliphatic carbocycles. The molecule has 0 aliphatic heterocycles. The molecule has 0 fully saturated rings. The van der Waals surface area contributed by atoms with E-state index in [1.807, 2.05) is 13.8 Å².